The molecule has 1 N–H and O–H groups in total. The van der Waals surface area contributed by atoms with Crippen LogP contribution < -0.4 is 5.32 Å². The molecule has 0 aliphatic carbocycles. The largest absolute Gasteiger partial charge is 0.462 e. The second-order valence-electron chi connectivity index (χ2n) is 5.80. The molecule has 0 aliphatic rings. The Kier molecular flexibility index (Phi) is 7.04. The number of rotatable bonds is 8. The van der Waals surface area contributed by atoms with Gasteiger partial charge in [-0.15, -0.1) is 11.3 Å². The van der Waals surface area contributed by atoms with Crippen molar-refractivity contribution in [2.24, 2.45) is 0 Å². The Balaban J connectivity index is 2.34. The monoisotopic (exact) mass is 424 g/mol. The van der Waals surface area contributed by atoms with Gasteiger partial charge in [-0.3, -0.25) is 19.6 Å². The maximum absolute atomic E-state index is 12.6. The van der Waals surface area contributed by atoms with Crippen molar-refractivity contribution >= 4 is 39.9 Å². The first-order valence-electron chi connectivity index (χ1n) is 8.68. The summed E-state index contributed by atoms with van der Waals surface area (Å²) >= 11 is 0.894. The summed E-state index contributed by atoms with van der Waals surface area (Å²) in [7, 11) is 0. The summed E-state index contributed by atoms with van der Waals surface area (Å²) in [5, 5.41) is 17.3. The van der Waals surface area contributed by atoms with E-state index in [1.807, 2.05) is 0 Å². The van der Waals surface area contributed by atoms with Gasteiger partial charge in [0.2, 0.25) is 5.91 Å². The number of thiophene rings is 1. The molecule has 0 saturated heterocycles. The number of carbonyl (C=O) groups excluding carboxylic acids is 3. The molecule has 11 nitrogen and oxygen atoms in total. The standard InChI is InChI=1S/C17H20N4O7S/c1-5-27-16(23)12-9(3)13(17(24)28-6-2)29-15(12)19-14(22)10(4)20-8-11(7-18-20)21(25)26/h7-8,10H,5-6H2,1-4H3,(H,19,22)/t10-/m0/s1. The van der Waals surface area contributed by atoms with Crippen molar-refractivity contribution in [2.75, 3.05) is 18.5 Å². The molecule has 2 aromatic rings. The van der Waals surface area contributed by atoms with Crippen LogP contribution in [0.4, 0.5) is 10.7 Å². The summed E-state index contributed by atoms with van der Waals surface area (Å²) in [5.74, 6) is -1.88. The van der Waals surface area contributed by atoms with Crippen LogP contribution in [0, 0.1) is 17.0 Å². The SMILES string of the molecule is CCOC(=O)c1sc(NC(=O)[C@H](C)n2cc([N+](=O)[O-])cn2)c(C(=O)OCC)c1C. The molecule has 12 heteroatoms. The zero-order valence-electron chi connectivity index (χ0n) is 16.3. The first kappa shape index (κ1) is 22.0. The number of aromatic nitrogens is 2. The van der Waals surface area contributed by atoms with Crippen LogP contribution in [-0.4, -0.2) is 45.8 Å². The van der Waals surface area contributed by atoms with Crippen LogP contribution in [0.3, 0.4) is 0 Å². The van der Waals surface area contributed by atoms with Crippen molar-refractivity contribution in [3.05, 3.63) is 38.5 Å². The van der Waals surface area contributed by atoms with Crippen LogP contribution in [0.25, 0.3) is 0 Å². The van der Waals surface area contributed by atoms with Crippen LogP contribution in [0.2, 0.25) is 0 Å². The zero-order valence-corrected chi connectivity index (χ0v) is 17.1. The average molecular weight is 424 g/mol. The van der Waals surface area contributed by atoms with Gasteiger partial charge in [0.1, 0.15) is 28.3 Å². The lowest BCUT2D eigenvalue weighted by Gasteiger charge is -2.12. The van der Waals surface area contributed by atoms with E-state index < -0.39 is 28.8 Å². The molecule has 2 rings (SSSR count). The number of nitrogens with zero attached hydrogens (tertiary/aromatic N) is 3. The van der Waals surface area contributed by atoms with Gasteiger partial charge >= 0.3 is 17.6 Å². The molecular formula is C17H20N4O7S. The molecule has 1 atom stereocenters. The molecule has 156 valence electrons. The quantitative estimate of drug-likeness (QED) is 0.387. The Hall–Kier alpha value is -3.28. The van der Waals surface area contributed by atoms with Gasteiger partial charge in [-0.2, -0.15) is 5.10 Å². The minimum absolute atomic E-state index is 0.0619. The summed E-state index contributed by atoms with van der Waals surface area (Å²) in [6, 6.07) is -0.910. The lowest BCUT2D eigenvalue weighted by Crippen LogP contribution is -2.24. The molecule has 0 fully saturated rings. The molecule has 0 radical (unpaired) electrons. The predicted octanol–water partition coefficient (Wildman–Crippen LogP) is 2.71. The van der Waals surface area contributed by atoms with Crippen molar-refractivity contribution < 1.29 is 28.8 Å². The fourth-order valence-electron chi connectivity index (χ4n) is 2.41. The van der Waals surface area contributed by atoms with E-state index in [2.05, 4.69) is 10.4 Å². The number of nitro groups is 1. The maximum atomic E-state index is 12.6. The second kappa shape index (κ2) is 9.28. The van der Waals surface area contributed by atoms with Gasteiger partial charge in [0.25, 0.3) is 0 Å². The van der Waals surface area contributed by atoms with Gasteiger partial charge in [-0.25, -0.2) is 9.59 Å². The Bertz CT molecular complexity index is 950. The third-order valence-electron chi connectivity index (χ3n) is 3.90. The number of esters is 2. The third kappa shape index (κ3) is 4.77. The fourth-order valence-corrected chi connectivity index (χ4v) is 3.50. The van der Waals surface area contributed by atoms with E-state index in [-0.39, 0.29) is 34.3 Å². The van der Waals surface area contributed by atoms with E-state index in [0.29, 0.717) is 5.56 Å². The number of carbonyl (C=O) groups is 3. The van der Waals surface area contributed by atoms with E-state index in [0.717, 1.165) is 28.4 Å². The van der Waals surface area contributed by atoms with Gasteiger partial charge in [0.15, 0.2) is 0 Å². The van der Waals surface area contributed by atoms with Crippen molar-refractivity contribution in [3.63, 3.8) is 0 Å². The van der Waals surface area contributed by atoms with E-state index in [9.17, 15) is 24.5 Å². The van der Waals surface area contributed by atoms with Gasteiger partial charge in [0.05, 0.1) is 23.7 Å². The second-order valence-corrected chi connectivity index (χ2v) is 6.82. The highest BCUT2D eigenvalue weighted by atomic mass is 32.1. The first-order chi connectivity index (χ1) is 13.7. The van der Waals surface area contributed by atoms with Crippen molar-refractivity contribution in [3.8, 4) is 0 Å². The summed E-state index contributed by atoms with van der Waals surface area (Å²) in [6.45, 7) is 6.61. The van der Waals surface area contributed by atoms with Gasteiger partial charge < -0.3 is 14.8 Å². The molecular weight excluding hydrogens is 404 g/mol. The highest BCUT2D eigenvalue weighted by Gasteiger charge is 2.29. The number of hydrogen-bond acceptors (Lipinski definition) is 9. The van der Waals surface area contributed by atoms with Crippen LogP contribution in [-0.2, 0) is 14.3 Å². The molecule has 0 aromatic carbocycles. The summed E-state index contributed by atoms with van der Waals surface area (Å²) in [5.41, 5.74) is 0.143. The number of nitrogens with one attached hydrogen (secondary N) is 1. The highest BCUT2D eigenvalue weighted by Crippen LogP contribution is 2.35. The normalized spacial score (nSPS) is 11.6. The Morgan fingerprint density at radius 1 is 1.28 bits per heavy atom. The number of amides is 1. The number of ether oxygens (including phenoxy) is 2. The predicted molar refractivity (Wildman–Crippen MR) is 103 cm³/mol. The molecule has 29 heavy (non-hydrogen) atoms. The van der Waals surface area contributed by atoms with Gasteiger partial charge in [0, 0.05) is 0 Å². The van der Waals surface area contributed by atoms with Crippen molar-refractivity contribution in [1.29, 1.82) is 0 Å². The third-order valence-corrected chi connectivity index (χ3v) is 5.09. The minimum Gasteiger partial charge on any atom is -0.462 e. The summed E-state index contributed by atoms with van der Waals surface area (Å²) in [6.07, 6.45) is 2.15. The van der Waals surface area contributed by atoms with Crippen LogP contribution in [0.1, 0.15) is 52.4 Å². The van der Waals surface area contributed by atoms with Crippen molar-refractivity contribution in [1.82, 2.24) is 9.78 Å². The van der Waals surface area contributed by atoms with Gasteiger partial charge in [-0.1, -0.05) is 0 Å². The molecule has 0 spiro atoms. The van der Waals surface area contributed by atoms with E-state index in [1.54, 1.807) is 20.8 Å². The topological polar surface area (TPSA) is 143 Å². The Labute approximate surface area is 169 Å². The lowest BCUT2D eigenvalue weighted by molar-refractivity contribution is -0.385. The average Bonchev–Trinajstić information content (AvgIpc) is 3.27. The minimum atomic E-state index is -0.910. The molecule has 0 bridgehead atoms. The Morgan fingerprint density at radius 2 is 1.90 bits per heavy atom. The zero-order chi connectivity index (χ0) is 21.7. The summed E-state index contributed by atoms with van der Waals surface area (Å²) < 4.78 is 11.2. The van der Waals surface area contributed by atoms with E-state index in [4.69, 9.17) is 9.47 Å². The number of anilines is 1. The molecule has 1 amide bonds. The molecule has 0 unspecified atom stereocenters. The van der Waals surface area contributed by atoms with E-state index >= 15 is 0 Å². The summed E-state index contributed by atoms with van der Waals surface area (Å²) in [4.78, 5) is 47.5. The van der Waals surface area contributed by atoms with Crippen LogP contribution in [0.5, 0.6) is 0 Å². The molecule has 2 heterocycles. The van der Waals surface area contributed by atoms with Crippen molar-refractivity contribution in [2.45, 2.75) is 33.7 Å². The molecule has 0 saturated carbocycles. The maximum Gasteiger partial charge on any atom is 0.348 e. The van der Waals surface area contributed by atoms with Crippen LogP contribution in [0.15, 0.2) is 12.4 Å². The highest BCUT2D eigenvalue weighted by molar-refractivity contribution is 7.18. The number of hydrogen-bond donors (Lipinski definition) is 1. The van der Waals surface area contributed by atoms with E-state index in [1.165, 1.54) is 6.92 Å². The van der Waals surface area contributed by atoms with Crippen LogP contribution >= 0.6 is 11.3 Å². The van der Waals surface area contributed by atoms with Gasteiger partial charge in [-0.05, 0) is 33.3 Å². The molecule has 2 aromatic heterocycles. The fraction of sp³-hybridized carbons (Fsp3) is 0.412. The Morgan fingerprint density at radius 3 is 2.45 bits per heavy atom. The lowest BCUT2D eigenvalue weighted by atomic mass is 10.1. The smallest absolute Gasteiger partial charge is 0.348 e. The molecule has 0 aliphatic heterocycles. The first-order valence-corrected chi connectivity index (χ1v) is 9.49.